The van der Waals surface area contributed by atoms with Gasteiger partial charge in [-0.1, -0.05) is 256 Å². The van der Waals surface area contributed by atoms with Gasteiger partial charge in [0.2, 0.25) is 5.69 Å². The lowest BCUT2D eigenvalue weighted by Crippen LogP contribution is -2.11. The van der Waals surface area contributed by atoms with Crippen LogP contribution in [0.15, 0.2) is 303 Å². The highest BCUT2D eigenvalue weighted by atomic mass is 31.2. The summed E-state index contributed by atoms with van der Waals surface area (Å²) in [6.07, 6.45) is 4.95. The van der Waals surface area contributed by atoms with Crippen LogP contribution in [0.2, 0.25) is 0 Å². The Kier molecular flexibility index (Phi) is 20.3. The molecule has 0 bridgehead atoms. The summed E-state index contributed by atoms with van der Waals surface area (Å²) in [5, 5.41) is 54.1. The Morgan fingerprint density at radius 3 is 1.12 bits per heavy atom. The van der Waals surface area contributed by atoms with Gasteiger partial charge >= 0.3 is 0 Å². The van der Waals surface area contributed by atoms with E-state index in [-0.39, 0.29) is 25.4 Å². The summed E-state index contributed by atoms with van der Waals surface area (Å²) < 4.78 is 12.2. The van der Waals surface area contributed by atoms with Crippen molar-refractivity contribution < 1.29 is 19.9 Å². The van der Waals surface area contributed by atoms with Crippen molar-refractivity contribution in [2.24, 2.45) is 0 Å². The molecule has 0 aliphatic carbocycles. The maximum atomic E-state index is 12.2. The minimum absolute atomic E-state index is 0. The Hall–Kier alpha value is -13.3. The zero-order valence-corrected chi connectivity index (χ0v) is 55.8. The number of benzene rings is 16. The Labute approximate surface area is 592 Å². The number of aldehydes is 1. The number of hydrogen-bond acceptors (Lipinski definition) is 8. The molecule has 0 amide bonds. The number of aliphatic hydroxyl groups is 1. The minimum Gasteiger partial charge on any atom is -0.412 e. The molecule has 490 valence electrons. The van der Waals surface area contributed by atoms with Crippen molar-refractivity contribution in [1.29, 1.82) is 15.8 Å². The SMILES string of the molecule is C.CP(=O)(CO)Cc1ccc2c(C#N)c3ccccc3c(C#N)c2c1.O.O=Cc1ccc(N(c2cccc3ccccc23)c2cccc3ccccc23)cc1.[C-]#[N+]c1c2ccccc2c(C#N)c2ccc(C=Cc3ccc(N(c4cccc5ccccc45)c4cccc5ccccc45)cc3)cc12. The van der Waals surface area contributed by atoms with Crippen molar-refractivity contribution in [3.63, 3.8) is 0 Å². The van der Waals surface area contributed by atoms with Gasteiger partial charge in [0.1, 0.15) is 31.6 Å². The van der Waals surface area contributed by atoms with E-state index in [9.17, 15) is 30.3 Å². The van der Waals surface area contributed by atoms with Crippen LogP contribution in [0.5, 0.6) is 0 Å². The lowest BCUT2D eigenvalue weighted by molar-refractivity contribution is 0.112. The highest BCUT2D eigenvalue weighted by Crippen LogP contribution is 2.47. The zero-order valence-electron chi connectivity index (χ0n) is 54.9. The van der Waals surface area contributed by atoms with Crippen LogP contribution in [0.1, 0.15) is 51.2 Å². The normalized spacial score (nSPS) is 11.4. The van der Waals surface area contributed by atoms with E-state index in [1.807, 2.05) is 103 Å². The topological polar surface area (TPSA) is 168 Å². The zero-order chi connectivity index (χ0) is 68.7. The summed E-state index contributed by atoms with van der Waals surface area (Å²) in [4.78, 5) is 19.7. The molecule has 16 aromatic rings. The smallest absolute Gasteiger partial charge is 0.202 e. The number of anilines is 6. The highest BCUT2D eigenvalue weighted by molar-refractivity contribution is 7.62. The maximum Gasteiger partial charge on any atom is 0.202 e. The van der Waals surface area contributed by atoms with Gasteiger partial charge in [0.05, 0.1) is 52.4 Å². The fourth-order valence-electron chi connectivity index (χ4n) is 13.6. The number of carbonyl (C=O) groups excluding carboxylic acids is 1. The number of nitriles is 3. The van der Waals surface area contributed by atoms with Gasteiger partial charge in [0, 0.05) is 66.2 Å². The van der Waals surface area contributed by atoms with E-state index >= 15 is 0 Å². The van der Waals surface area contributed by atoms with Crippen molar-refractivity contribution in [2.45, 2.75) is 13.6 Å². The predicted molar refractivity (Wildman–Crippen MR) is 425 cm³/mol. The summed E-state index contributed by atoms with van der Waals surface area (Å²) in [7, 11) is -2.66. The summed E-state index contributed by atoms with van der Waals surface area (Å²) >= 11 is 0. The average molecular weight is 1340 g/mol. The second-order valence-electron chi connectivity index (χ2n) is 24.6. The fraction of sp³-hybridized carbons (Fsp3) is 0.0440. The van der Waals surface area contributed by atoms with E-state index in [0.717, 1.165) is 89.4 Å². The van der Waals surface area contributed by atoms with E-state index in [2.05, 4.69) is 239 Å². The third-order valence-electron chi connectivity index (χ3n) is 18.3. The standard InChI is InChI=1S/C44H27N3.C27H19NO.C19H15N2O2P.CH4.H2O/c1-46-44-39-17-7-6-16-37(39)41(29-45)38-27-24-31(28-40(38)44)21-20-30-22-25-34(26-23-30)47(42-18-8-12-32-10-2-4-14-35(32)42)43-19-9-13-33-11-3-5-15-36(33)43;29-19-20-15-17-23(18-16-20)28(26-13-5-9-21-7-1-3-11-24(21)26)27-14-6-10-22-8-2-4-12-25(22)27;1-24(23,12-22)11-13-6-7-16-17(8-13)19(10-21)15-5-3-2-4-14(15)18(16)9-20;;/h2-28H;1-19H;2-8,22H,11-12H2,1H3;1H4;1H2. The molecular weight excluding hydrogens is 1270 g/mol. The van der Waals surface area contributed by atoms with Crippen LogP contribution in [0.25, 0.3) is 103 Å². The molecule has 0 saturated heterocycles. The second-order valence-corrected chi connectivity index (χ2v) is 27.8. The van der Waals surface area contributed by atoms with Crippen molar-refractivity contribution in [1.82, 2.24) is 0 Å². The van der Waals surface area contributed by atoms with Crippen LogP contribution in [0.3, 0.4) is 0 Å². The van der Waals surface area contributed by atoms with Crippen LogP contribution in [0, 0.1) is 40.6 Å². The van der Waals surface area contributed by atoms with Crippen molar-refractivity contribution in [3.05, 3.63) is 354 Å². The number of hydrogen-bond donors (Lipinski definition) is 1. The van der Waals surface area contributed by atoms with Crippen LogP contribution < -0.4 is 9.80 Å². The third-order valence-corrected chi connectivity index (χ3v) is 19.9. The molecule has 1 atom stereocenters. The molecule has 0 aliphatic heterocycles. The molecule has 11 heteroatoms. The molecule has 0 fully saturated rings. The predicted octanol–water partition coefficient (Wildman–Crippen LogP) is 23.6. The van der Waals surface area contributed by atoms with E-state index in [4.69, 9.17) is 6.57 Å². The highest BCUT2D eigenvalue weighted by Gasteiger charge is 2.22. The quantitative estimate of drug-likeness (QED) is 0.0414. The molecule has 0 saturated carbocycles. The number of aliphatic hydroxyl groups excluding tert-OH is 1. The fourth-order valence-corrected chi connectivity index (χ4v) is 14.6. The lowest BCUT2D eigenvalue weighted by Gasteiger charge is -2.28. The Morgan fingerprint density at radius 2 is 0.716 bits per heavy atom. The molecule has 10 nitrogen and oxygen atoms in total. The minimum atomic E-state index is -2.66. The largest absolute Gasteiger partial charge is 0.412 e. The molecule has 0 aromatic heterocycles. The van der Waals surface area contributed by atoms with E-state index < -0.39 is 7.14 Å². The van der Waals surface area contributed by atoms with E-state index in [0.29, 0.717) is 38.7 Å². The number of rotatable bonds is 12. The van der Waals surface area contributed by atoms with E-state index in [1.165, 1.54) is 43.1 Å². The maximum absolute atomic E-state index is 12.2. The number of carbonyl (C=O) groups is 1. The summed E-state index contributed by atoms with van der Waals surface area (Å²) in [5.41, 5.74) is 12.3. The first kappa shape index (κ1) is 68.7. The van der Waals surface area contributed by atoms with Crippen molar-refractivity contribution in [2.75, 3.05) is 22.8 Å². The first-order valence-corrected chi connectivity index (χ1v) is 35.2. The van der Waals surface area contributed by atoms with Gasteiger partial charge in [-0.2, -0.15) is 15.8 Å². The summed E-state index contributed by atoms with van der Waals surface area (Å²) in [5.74, 6) is 0. The molecule has 102 heavy (non-hydrogen) atoms. The number of fused-ring (bicyclic) bond motifs is 8. The monoisotopic (exact) mass is 1340 g/mol. The molecule has 3 N–H and O–H groups in total. The molecule has 0 spiro atoms. The van der Waals surface area contributed by atoms with Gasteiger partial charge < -0.3 is 24.9 Å². The van der Waals surface area contributed by atoms with Crippen molar-refractivity contribution >= 4 is 152 Å². The summed E-state index contributed by atoms with van der Waals surface area (Å²) in [6, 6.07) is 109. The van der Waals surface area contributed by atoms with Crippen LogP contribution in [0.4, 0.5) is 39.8 Å². The Bertz CT molecular complexity index is 5980. The number of nitrogens with zero attached hydrogens (tertiary/aromatic N) is 6. The Balaban J connectivity index is 0.000000154. The average Bonchev–Trinajstić information content (AvgIpc) is 0.771. The van der Waals surface area contributed by atoms with Gasteiger partial charge in [-0.05, 0) is 133 Å². The molecule has 0 radical (unpaired) electrons. The molecule has 0 heterocycles. The van der Waals surface area contributed by atoms with Gasteiger partial charge in [-0.15, -0.1) is 0 Å². The van der Waals surface area contributed by atoms with E-state index in [1.54, 1.807) is 12.7 Å². The van der Waals surface area contributed by atoms with Gasteiger partial charge in [0.25, 0.3) is 0 Å². The first-order valence-electron chi connectivity index (χ1n) is 32.6. The molecule has 0 aliphatic rings. The van der Waals surface area contributed by atoms with Gasteiger partial charge in [-0.3, -0.25) is 4.79 Å². The third kappa shape index (κ3) is 13.4. The van der Waals surface area contributed by atoms with Gasteiger partial charge in [0.15, 0.2) is 0 Å². The summed E-state index contributed by atoms with van der Waals surface area (Å²) in [6.45, 7) is 9.49. The van der Waals surface area contributed by atoms with Crippen molar-refractivity contribution in [3.8, 4) is 18.2 Å². The second kappa shape index (κ2) is 30.2. The molecule has 16 rings (SSSR count). The Morgan fingerprint density at radius 1 is 0.392 bits per heavy atom. The van der Waals surface area contributed by atoms with Crippen LogP contribution >= 0.6 is 7.14 Å². The molecule has 16 aromatic carbocycles. The first-order chi connectivity index (χ1) is 49.1. The van der Waals surface area contributed by atoms with Crippen LogP contribution in [-0.2, 0) is 10.7 Å². The molecule has 1 unspecified atom stereocenters. The lowest BCUT2D eigenvalue weighted by atomic mass is 9.92. The van der Waals surface area contributed by atoms with Gasteiger partial charge in [-0.25, -0.2) is 4.85 Å². The molecular formula is C91H67N6O4P. The van der Waals surface area contributed by atoms with Crippen LogP contribution in [-0.4, -0.2) is 29.9 Å².